The van der Waals surface area contributed by atoms with Crippen molar-refractivity contribution in [2.75, 3.05) is 11.9 Å². The van der Waals surface area contributed by atoms with E-state index in [9.17, 15) is 9.90 Å². The van der Waals surface area contributed by atoms with Gasteiger partial charge >= 0.3 is 0 Å². The maximum absolute atomic E-state index is 12.7. The van der Waals surface area contributed by atoms with Crippen LogP contribution in [0.15, 0.2) is 30.6 Å². The molecule has 1 amide bonds. The molecular formula is C22H28N4O2. The van der Waals surface area contributed by atoms with Crippen molar-refractivity contribution >= 4 is 11.6 Å². The standard InChI is InChI=1S/C22H28N4O2/c1-25-10-9-23-21(25)22(28)12-18-7-8-19(13-22)26(18)14-20(27)24-17-6-5-15-3-2-4-16(15)11-17/h5-6,9-11,18-19,28H,2-4,7-8,12-14H2,1H3,(H,24,27)/t18-,19-/m1/s1. The van der Waals surface area contributed by atoms with Gasteiger partial charge in [0.1, 0.15) is 11.4 Å². The third-order valence-corrected chi connectivity index (χ3v) is 6.86. The number of fused-ring (bicyclic) bond motifs is 3. The molecule has 2 bridgehead atoms. The van der Waals surface area contributed by atoms with Gasteiger partial charge in [-0.3, -0.25) is 9.69 Å². The number of imidazole rings is 1. The van der Waals surface area contributed by atoms with Crippen molar-refractivity contribution in [3.63, 3.8) is 0 Å². The minimum atomic E-state index is -0.892. The van der Waals surface area contributed by atoms with E-state index in [1.807, 2.05) is 23.9 Å². The second-order valence-electron chi connectivity index (χ2n) is 8.74. The van der Waals surface area contributed by atoms with Gasteiger partial charge in [-0.1, -0.05) is 6.07 Å². The fourth-order valence-corrected chi connectivity index (χ4v) is 5.59. The molecule has 0 saturated carbocycles. The molecule has 3 aliphatic rings. The van der Waals surface area contributed by atoms with Crippen LogP contribution in [-0.4, -0.2) is 44.1 Å². The Morgan fingerprint density at radius 1 is 1.25 bits per heavy atom. The van der Waals surface area contributed by atoms with E-state index in [-0.39, 0.29) is 18.0 Å². The summed E-state index contributed by atoms with van der Waals surface area (Å²) in [5.74, 6) is 0.781. The first-order valence-corrected chi connectivity index (χ1v) is 10.4. The highest BCUT2D eigenvalue weighted by molar-refractivity contribution is 5.92. The number of piperidine rings is 1. The van der Waals surface area contributed by atoms with E-state index in [1.54, 1.807) is 6.20 Å². The van der Waals surface area contributed by atoms with Crippen LogP contribution in [0.2, 0.25) is 0 Å². The number of benzene rings is 1. The summed E-state index contributed by atoms with van der Waals surface area (Å²) < 4.78 is 1.91. The number of nitrogens with zero attached hydrogens (tertiary/aromatic N) is 3. The Labute approximate surface area is 165 Å². The zero-order valence-corrected chi connectivity index (χ0v) is 16.4. The van der Waals surface area contributed by atoms with Gasteiger partial charge < -0.3 is 15.0 Å². The third-order valence-electron chi connectivity index (χ3n) is 6.86. The lowest BCUT2D eigenvalue weighted by atomic mass is 9.85. The molecule has 2 aromatic rings. The second-order valence-corrected chi connectivity index (χ2v) is 8.74. The van der Waals surface area contributed by atoms with E-state index in [1.165, 1.54) is 17.5 Å². The summed E-state index contributed by atoms with van der Waals surface area (Å²) in [5, 5.41) is 14.3. The lowest BCUT2D eigenvalue weighted by molar-refractivity contribution is -0.121. The molecule has 6 heteroatoms. The summed E-state index contributed by atoms with van der Waals surface area (Å²) in [4.78, 5) is 19.4. The maximum Gasteiger partial charge on any atom is 0.238 e. The summed E-state index contributed by atoms with van der Waals surface area (Å²) in [6, 6.07) is 6.75. The number of aryl methyl sites for hydroxylation is 3. The predicted octanol–water partition coefficient (Wildman–Crippen LogP) is 2.36. The molecule has 1 aromatic carbocycles. The Bertz CT molecular complexity index is 892. The predicted molar refractivity (Wildman–Crippen MR) is 107 cm³/mol. The summed E-state index contributed by atoms with van der Waals surface area (Å²) >= 11 is 0. The van der Waals surface area contributed by atoms with Crippen LogP contribution >= 0.6 is 0 Å². The van der Waals surface area contributed by atoms with Gasteiger partial charge in [0.15, 0.2) is 0 Å². The molecule has 5 rings (SSSR count). The number of nitrogens with one attached hydrogen (secondary N) is 1. The van der Waals surface area contributed by atoms with Crippen LogP contribution in [0.25, 0.3) is 0 Å². The van der Waals surface area contributed by atoms with Crippen LogP contribution in [0, 0.1) is 0 Å². The van der Waals surface area contributed by atoms with Crippen LogP contribution in [0.5, 0.6) is 0 Å². The molecule has 1 aliphatic carbocycles. The van der Waals surface area contributed by atoms with Crippen molar-refractivity contribution < 1.29 is 9.90 Å². The summed E-state index contributed by atoms with van der Waals surface area (Å²) in [6.45, 7) is 0.392. The molecule has 2 saturated heterocycles. The van der Waals surface area contributed by atoms with Crippen molar-refractivity contribution in [1.82, 2.24) is 14.5 Å². The lowest BCUT2D eigenvalue weighted by Crippen LogP contribution is -2.52. The van der Waals surface area contributed by atoms with Crippen LogP contribution in [0.1, 0.15) is 49.1 Å². The SMILES string of the molecule is Cn1ccnc1C1(O)C[C@H]2CC[C@H](C1)N2CC(=O)Nc1ccc2c(c1)CCC2. The lowest BCUT2D eigenvalue weighted by Gasteiger charge is -2.43. The quantitative estimate of drug-likeness (QED) is 0.854. The molecule has 2 atom stereocenters. The Morgan fingerprint density at radius 2 is 2.00 bits per heavy atom. The van der Waals surface area contributed by atoms with Gasteiger partial charge in [-0.05, 0) is 68.2 Å². The first-order valence-electron chi connectivity index (χ1n) is 10.4. The molecule has 1 aromatic heterocycles. The highest BCUT2D eigenvalue weighted by Gasteiger charge is 2.50. The third kappa shape index (κ3) is 3.05. The number of hydrogen-bond donors (Lipinski definition) is 2. The zero-order chi connectivity index (χ0) is 19.3. The van der Waals surface area contributed by atoms with E-state index in [4.69, 9.17) is 0 Å². The van der Waals surface area contributed by atoms with E-state index >= 15 is 0 Å². The average Bonchev–Trinajstić information content (AvgIpc) is 3.35. The minimum absolute atomic E-state index is 0.0391. The minimum Gasteiger partial charge on any atom is -0.382 e. The Hall–Kier alpha value is -2.18. The molecule has 28 heavy (non-hydrogen) atoms. The molecule has 0 unspecified atom stereocenters. The van der Waals surface area contributed by atoms with Gasteiger partial charge in [-0.15, -0.1) is 0 Å². The largest absolute Gasteiger partial charge is 0.382 e. The number of carbonyl (C=O) groups is 1. The number of aromatic nitrogens is 2. The Morgan fingerprint density at radius 3 is 2.71 bits per heavy atom. The monoisotopic (exact) mass is 380 g/mol. The number of amides is 1. The van der Waals surface area contributed by atoms with Crippen LogP contribution in [0.4, 0.5) is 5.69 Å². The van der Waals surface area contributed by atoms with Gasteiger partial charge in [0.25, 0.3) is 0 Å². The van der Waals surface area contributed by atoms with Gasteiger partial charge in [0.2, 0.25) is 5.91 Å². The fourth-order valence-electron chi connectivity index (χ4n) is 5.59. The first kappa shape index (κ1) is 17.9. The maximum atomic E-state index is 12.7. The average molecular weight is 380 g/mol. The molecule has 0 spiro atoms. The van der Waals surface area contributed by atoms with Gasteiger partial charge in [0.05, 0.1) is 6.54 Å². The van der Waals surface area contributed by atoms with Crippen molar-refractivity contribution in [1.29, 1.82) is 0 Å². The molecule has 2 fully saturated rings. The molecule has 2 aliphatic heterocycles. The van der Waals surface area contributed by atoms with E-state index in [0.29, 0.717) is 19.4 Å². The van der Waals surface area contributed by atoms with Gasteiger partial charge in [-0.25, -0.2) is 4.98 Å². The molecule has 2 N–H and O–H groups in total. The van der Waals surface area contributed by atoms with E-state index in [2.05, 4.69) is 27.3 Å². The van der Waals surface area contributed by atoms with Crippen LogP contribution < -0.4 is 5.32 Å². The number of carbonyl (C=O) groups excluding carboxylic acids is 1. The second kappa shape index (κ2) is 6.71. The molecular weight excluding hydrogens is 352 g/mol. The van der Waals surface area contributed by atoms with Gasteiger partial charge in [0, 0.05) is 37.2 Å². The molecule has 3 heterocycles. The molecule has 6 nitrogen and oxygen atoms in total. The van der Waals surface area contributed by atoms with E-state index in [0.717, 1.165) is 37.2 Å². The topological polar surface area (TPSA) is 70.4 Å². The Kier molecular flexibility index (Phi) is 4.29. The molecule has 0 radical (unpaired) electrons. The first-order chi connectivity index (χ1) is 13.5. The van der Waals surface area contributed by atoms with E-state index < -0.39 is 5.60 Å². The van der Waals surface area contributed by atoms with Crippen LogP contribution in [-0.2, 0) is 30.3 Å². The summed E-state index contributed by atoms with van der Waals surface area (Å²) in [6.07, 6.45) is 10.4. The normalized spacial score (nSPS) is 29.1. The molecule has 148 valence electrons. The van der Waals surface area contributed by atoms with Crippen molar-refractivity contribution in [2.24, 2.45) is 7.05 Å². The number of aliphatic hydroxyl groups is 1. The van der Waals surface area contributed by atoms with Crippen LogP contribution in [0.3, 0.4) is 0 Å². The Balaban J connectivity index is 1.26. The highest BCUT2D eigenvalue weighted by Crippen LogP contribution is 2.45. The number of anilines is 1. The van der Waals surface area contributed by atoms with Crippen molar-refractivity contribution in [3.8, 4) is 0 Å². The fraction of sp³-hybridized carbons (Fsp3) is 0.545. The number of rotatable bonds is 4. The summed E-state index contributed by atoms with van der Waals surface area (Å²) in [7, 11) is 1.93. The highest BCUT2D eigenvalue weighted by atomic mass is 16.3. The van der Waals surface area contributed by atoms with Crippen molar-refractivity contribution in [3.05, 3.63) is 47.5 Å². The van der Waals surface area contributed by atoms with Crippen molar-refractivity contribution in [2.45, 2.75) is 62.6 Å². The number of hydrogen-bond acceptors (Lipinski definition) is 4. The zero-order valence-electron chi connectivity index (χ0n) is 16.4. The summed E-state index contributed by atoms with van der Waals surface area (Å²) in [5.41, 5.74) is 2.80. The van der Waals surface area contributed by atoms with Gasteiger partial charge in [-0.2, -0.15) is 0 Å². The smallest absolute Gasteiger partial charge is 0.238 e.